The number of rotatable bonds is 2. The normalized spacial score (nSPS) is 21.5. The van der Waals surface area contributed by atoms with Gasteiger partial charge in [0.2, 0.25) is 0 Å². The van der Waals surface area contributed by atoms with E-state index in [1.165, 1.54) is 0 Å². The van der Waals surface area contributed by atoms with Gasteiger partial charge in [0.1, 0.15) is 17.5 Å². The summed E-state index contributed by atoms with van der Waals surface area (Å²) in [7, 11) is 0. The highest BCUT2D eigenvalue weighted by molar-refractivity contribution is 5.72. The first-order valence-corrected chi connectivity index (χ1v) is 9.83. The van der Waals surface area contributed by atoms with Crippen LogP contribution in [0.25, 0.3) is 11.4 Å². The molecule has 0 amide bonds. The fourth-order valence-corrected chi connectivity index (χ4v) is 4.26. The summed E-state index contributed by atoms with van der Waals surface area (Å²) < 4.78 is 52.2. The first kappa shape index (κ1) is 19.3. The van der Waals surface area contributed by atoms with Crippen LogP contribution >= 0.6 is 0 Å². The number of nitrogens with two attached hydrogens (primary N) is 1. The van der Waals surface area contributed by atoms with Gasteiger partial charge >= 0.3 is 6.18 Å². The molecule has 160 valence electrons. The van der Waals surface area contributed by atoms with E-state index in [-0.39, 0.29) is 23.2 Å². The smallest absolute Gasteiger partial charge is 0.384 e. The SMILES string of the molecule is Nc1cc(C(F)(F)F)c(-c2nc(N3CCOCC3)c3c(n2)N2CCOC[C@H]2C3)cn1. The van der Waals surface area contributed by atoms with Crippen molar-refractivity contribution >= 4 is 17.5 Å². The Morgan fingerprint density at radius 2 is 1.77 bits per heavy atom. The highest BCUT2D eigenvalue weighted by atomic mass is 19.4. The Balaban J connectivity index is 1.68. The molecule has 0 aliphatic carbocycles. The molecule has 2 N–H and O–H groups in total. The van der Waals surface area contributed by atoms with Gasteiger partial charge in [-0.05, 0) is 6.07 Å². The number of halogens is 3. The molecule has 2 aromatic rings. The Labute approximate surface area is 170 Å². The van der Waals surface area contributed by atoms with Gasteiger partial charge in [0, 0.05) is 37.8 Å². The standard InChI is InChI=1S/C19H21F3N6O2/c20-19(21,22)14-8-15(23)24-9-13(14)16-25-17(27-1-4-29-5-2-27)12-7-11-10-30-6-3-28(11)18(12)26-16/h8-9,11H,1-7,10H2,(H2,23,24)/t11-/m1/s1. The molecule has 2 fully saturated rings. The lowest BCUT2D eigenvalue weighted by Crippen LogP contribution is -2.43. The van der Waals surface area contributed by atoms with Crippen molar-refractivity contribution < 1.29 is 22.6 Å². The molecule has 1 atom stereocenters. The third kappa shape index (κ3) is 3.31. The van der Waals surface area contributed by atoms with E-state index in [0.29, 0.717) is 64.1 Å². The van der Waals surface area contributed by atoms with Crippen molar-refractivity contribution in [3.05, 3.63) is 23.4 Å². The third-order valence-corrected chi connectivity index (χ3v) is 5.68. The lowest BCUT2D eigenvalue weighted by atomic mass is 10.1. The summed E-state index contributed by atoms with van der Waals surface area (Å²) in [4.78, 5) is 17.3. The van der Waals surface area contributed by atoms with Gasteiger partial charge in [-0.25, -0.2) is 15.0 Å². The minimum absolute atomic E-state index is 0.00205. The number of aromatic nitrogens is 3. The lowest BCUT2D eigenvalue weighted by molar-refractivity contribution is -0.137. The molecular weight excluding hydrogens is 401 g/mol. The maximum absolute atomic E-state index is 13.7. The van der Waals surface area contributed by atoms with Crippen LogP contribution in [0.2, 0.25) is 0 Å². The Bertz CT molecular complexity index is 964. The van der Waals surface area contributed by atoms with Gasteiger partial charge < -0.3 is 25.0 Å². The van der Waals surface area contributed by atoms with E-state index in [1.54, 1.807) is 0 Å². The van der Waals surface area contributed by atoms with Crippen molar-refractivity contribution in [3.63, 3.8) is 0 Å². The third-order valence-electron chi connectivity index (χ3n) is 5.68. The largest absolute Gasteiger partial charge is 0.417 e. The monoisotopic (exact) mass is 422 g/mol. The number of morpholine rings is 2. The van der Waals surface area contributed by atoms with Crippen LogP contribution in [0.3, 0.4) is 0 Å². The highest BCUT2D eigenvalue weighted by Gasteiger charge is 2.39. The molecule has 0 radical (unpaired) electrons. The van der Waals surface area contributed by atoms with Crippen LogP contribution in [0.15, 0.2) is 12.3 Å². The zero-order valence-corrected chi connectivity index (χ0v) is 16.2. The maximum atomic E-state index is 13.7. The Morgan fingerprint density at radius 1 is 1.03 bits per heavy atom. The Kier molecular flexibility index (Phi) is 4.66. The first-order valence-electron chi connectivity index (χ1n) is 9.83. The van der Waals surface area contributed by atoms with E-state index in [1.807, 2.05) is 0 Å². The summed E-state index contributed by atoms with van der Waals surface area (Å²) in [6.45, 7) is 4.09. The van der Waals surface area contributed by atoms with Crippen LogP contribution in [0, 0.1) is 0 Å². The molecule has 3 aliphatic rings. The van der Waals surface area contributed by atoms with Crippen LogP contribution in [0.5, 0.6) is 0 Å². The van der Waals surface area contributed by atoms with Gasteiger partial charge in [0.15, 0.2) is 5.82 Å². The molecule has 3 aliphatic heterocycles. The minimum Gasteiger partial charge on any atom is -0.384 e. The second kappa shape index (κ2) is 7.24. The van der Waals surface area contributed by atoms with Gasteiger partial charge in [-0.1, -0.05) is 0 Å². The molecule has 11 heteroatoms. The number of fused-ring (bicyclic) bond motifs is 3. The van der Waals surface area contributed by atoms with Gasteiger partial charge in [-0.2, -0.15) is 13.2 Å². The zero-order chi connectivity index (χ0) is 20.9. The number of anilines is 3. The fraction of sp³-hybridized carbons (Fsp3) is 0.526. The van der Waals surface area contributed by atoms with Crippen LogP contribution in [-0.2, 0) is 22.1 Å². The molecule has 5 heterocycles. The van der Waals surface area contributed by atoms with E-state index in [9.17, 15) is 13.2 Å². The van der Waals surface area contributed by atoms with Gasteiger partial charge in [-0.15, -0.1) is 0 Å². The first-order chi connectivity index (χ1) is 14.4. The molecule has 0 spiro atoms. The molecule has 0 aromatic carbocycles. The van der Waals surface area contributed by atoms with Gasteiger partial charge in [0.25, 0.3) is 0 Å². The second-order valence-corrected chi connectivity index (χ2v) is 7.55. The number of hydrogen-bond acceptors (Lipinski definition) is 8. The van der Waals surface area contributed by atoms with E-state index in [4.69, 9.17) is 15.2 Å². The van der Waals surface area contributed by atoms with E-state index >= 15 is 0 Å². The van der Waals surface area contributed by atoms with Crippen molar-refractivity contribution in [1.82, 2.24) is 15.0 Å². The lowest BCUT2D eigenvalue weighted by Gasteiger charge is -2.31. The number of alkyl halides is 3. The average Bonchev–Trinajstić information content (AvgIpc) is 3.12. The van der Waals surface area contributed by atoms with Crippen molar-refractivity contribution in [2.45, 2.75) is 18.6 Å². The highest BCUT2D eigenvalue weighted by Crippen LogP contribution is 2.42. The fourth-order valence-electron chi connectivity index (χ4n) is 4.26. The van der Waals surface area contributed by atoms with Crippen molar-refractivity contribution in [3.8, 4) is 11.4 Å². The molecule has 2 saturated heterocycles. The Hall–Kier alpha value is -2.66. The van der Waals surface area contributed by atoms with E-state index < -0.39 is 11.7 Å². The molecule has 0 unspecified atom stereocenters. The van der Waals surface area contributed by atoms with Crippen LogP contribution < -0.4 is 15.5 Å². The second-order valence-electron chi connectivity index (χ2n) is 7.55. The van der Waals surface area contributed by atoms with Gasteiger partial charge in [-0.3, -0.25) is 0 Å². The number of hydrogen-bond donors (Lipinski definition) is 1. The number of nitrogen functional groups attached to an aromatic ring is 1. The predicted octanol–water partition coefficient (Wildman–Crippen LogP) is 1.74. The number of nitrogens with zero attached hydrogens (tertiary/aromatic N) is 5. The molecule has 30 heavy (non-hydrogen) atoms. The van der Waals surface area contributed by atoms with Crippen molar-refractivity contribution in [1.29, 1.82) is 0 Å². The summed E-state index contributed by atoms with van der Waals surface area (Å²) in [6, 6.07) is 0.947. The number of ether oxygens (including phenoxy) is 2. The van der Waals surface area contributed by atoms with Crippen LogP contribution in [0.4, 0.5) is 30.6 Å². The summed E-state index contributed by atoms with van der Waals surface area (Å²) in [6.07, 6.45) is -2.79. The van der Waals surface area contributed by atoms with E-state index in [2.05, 4.69) is 24.8 Å². The van der Waals surface area contributed by atoms with Crippen LogP contribution in [-0.4, -0.2) is 67.1 Å². The number of pyridine rings is 1. The molecule has 8 nitrogen and oxygen atoms in total. The predicted molar refractivity (Wildman–Crippen MR) is 103 cm³/mol. The quantitative estimate of drug-likeness (QED) is 0.783. The minimum atomic E-state index is -4.60. The maximum Gasteiger partial charge on any atom is 0.417 e. The van der Waals surface area contributed by atoms with Crippen molar-refractivity contribution in [2.75, 3.05) is 61.6 Å². The summed E-state index contributed by atoms with van der Waals surface area (Å²) in [5.74, 6) is 1.15. The molecule has 0 bridgehead atoms. The molecule has 0 saturated carbocycles. The Morgan fingerprint density at radius 3 is 2.53 bits per heavy atom. The average molecular weight is 422 g/mol. The van der Waals surface area contributed by atoms with Crippen LogP contribution in [0.1, 0.15) is 11.1 Å². The van der Waals surface area contributed by atoms with Crippen molar-refractivity contribution in [2.24, 2.45) is 0 Å². The topological polar surface area (TPSA) is 89.6 Å². The molecule has 2 aromatic heterocycles. The molecular formula is C19H21F3N6O2. The van der Waals surface area contributed by atoms with Gasteiger partial charge in [0.05, 0.1) is 43.6 Å². The summed E-state index contributed by atoms with van der Waals surface area (Å²) in [5, 5.41) is 0. The molecule has 5 rings (SSSR count). The van der Waals surface area contributed by atoms with E-state index in [0.717, 1.165) is 17.8 Å². The summed E-state index contributed by atoms with van der Waals surface area (Å²) in [5.41, 5.74) is 5.42. The zero-order valence-electron chi connectivity index (χ0n) is 16.2. The summed E-state index contributed by atoms with van der Waals surface area (Å²) >= 11 is 0.